The molecule has 0 spiro atoms. The van der Waals surface area contributed by atoms with Crippen LogP contribution in [0.5, 0.6) is 0 Å². The highest BCUT2D eigenvalue weighted by molar-refractivity contribution is 5.74. The number of hydrogen-bond donors (Lipinski definition) is 2. The van der Waals surface area contributed by atoms with Crippen molar-refractivity contribution in [1.82, 2.24) is 0 Å². The standard InChI is InChI=1S/C10H10N2O/c11-8-3-1-2-7(6-8)9-4-5-13-10(9)12/h1-6H,11-12H2. The summed E-state index contributed by atoms with van der Waals surface area (Å²) in [4.78, 5) is 0. The molecule has 0 aliphatic carbocycles. The number of rotatable bonds is 1. The van der Waals surface area contributed by atoms with Crippen molar-refractivity contribution < 1.29 is 4.42 Å². The lowest BCUT2D eigenvalue weighted by Crippen LogP contribution is -1.87. The van der Waals surface area contributed by atoms with Gasteiger partial charge in [0, 0.05) is 11.3 Å². The van der Waals surface area contributed by atoms with Gasteiger partial charge in [-0.05, 0) is 23.8 Å². The zero-order chi connectivity index (χ0) is 9.26. The van der Waals surface area contributed by atoms with Crippen molar-refractivity contribution in [3.63, 3.8) is 0 Å². The van der Waals surface area contributed by atoms with Gasteiger partial charge in [-0.1, -0.05) is 12.1 Å². The first-order valence-corrected chi connectivity index (χ1v) is 3.96. The van der Waals surface area contributed by atoms with Crippen LogP contribution in [0.4, 0.5) is 11.6 Å². The smallest absolute Gasteiger partial charge is 0.197 e. The average molecular weight is 174 g/mol. The SMILES string of the molecule is Nc1cccc(-c2ccoc2N)c1. The molecule has 3 heteroatoms. The summed E-state index contributed by atoms with van der Waals surface area (Å²) in [5.74, 6) is 0.422. The second-order valence-electron chi connectivity index (χ2n) is 2.82. The Morgan fingerprint density at radius 1 is 1.08 bits per heavy atom. The molecule has 0 saturated heterocycles. The van der Waals surface area contributed by atoms with Gasteiger partial charge in [0.1, 0.15) is 0 Å². The molecule has 13 heavy (non-hydrogen) atoms. The fourth-order valence-corrected chi connectivity index (χ4v) is 1.27. The maximum atomic E-state index is 5.64. The van der Waals surface area contributed by atoms with Crippen LogP contribution in [-0.4, -0.2) is 0 Å². The van der Waals surface area contributed by atoms with Crippen LogP contribution in [0.3, 0.4) is 0 Å². The van der Waals surface area contributed by atoms with Gasteiger partial charge in [0.15, 0.2) is 5.88 Å². The molecule has 2 aromatic rings. The van der Waals surface area contributed by atoms with Crippen LogP contribution in [0.2, 0.25) is 0 Å². The van der Waals surface area contributed by atoms with E-state index >= 15 is 0 Å². The van der Waals surface area contributed by atoms with E-state index in [1.165, 1.54) is 0 Å². The molecule has 0 amide bonds. The number of nitrogens with two attached hydrogens (primary N) is 2. The van der Waals surface area contributed by atoms with Gasteiger partial charge in [-0.2, -0.15) is 0 Å². The first kappa shape index (κ1) is 7.73. The molecule has 0 unspecified atom stereocenters. The fourth-order valence-electron chi connectivity index (χ4n) is 1.27. The largest absolute Gasteiger partial charge is 0.449 e. The zero-order valence-corrected chi connectivity index (χ0v) is 7.03. The van der Waals surface area contributed by atoms with Crippen molar-refractivity contribution in [3.8, 4) is 11.1 Å². The predicted octanol–water partition coefficient (Wildman–Crippen LogP) is 2.11. The highest BCUT2D eigenvalue weighted by atomic mass is 16.3. The Morgan fingerprint density at radius 2 is 1.92 bits per heavy atom. The summed E-state index contributed by atoms with van der Waals surface area (Å²) in [6.45, 7) is 0. The maximum absolute atomic E-state index is 5.64. The van der Waals surface area contributed by atoms with E-state index in [4.69, 9.17) is 15.9 Å². The summed E-state index contributed by atoms with van der Waals surface area (Å²) < 4.78 is 5.00. The van der Waals surface area contributed by atoms with Crippen LogP contribution in [0.15, 0.2) is 41.0 Å². The van der Waals surface area contributed by atoms with E-state index < -0.39 is 0 Å². The minimum atomic E-state index is 0.422. The Hall–Kier alpha value is -1.90. The van der Waals surface area contributed by atoms with Crippen LogP contribution in [0, 0.1) is 0 Å². The Morgan fingerprint density at radius 3 is 2.54 bits per heavy atom. The van der Waals surface area contributed by atoms with Crippen molar-refractivity contribution in [2.24, 2.45) is 0 Å². The van der Waals surface area contributed by atoms with Gasteiger partial charge in [-0.25, -0.2) is 0 Å². The number of benzene rings is 1. The number of nitrogen functional groups attached to an aromatic ring is 2. The van der Waals surface area contributed by atoms with E-state index in [2.05, 4.69) is 0 Å². The summed E-state index contributed by atoms with van der Waals surface area (Å²) in [5.41, 5.74) is 13.8. The van der Waals surface area contributed by atoms with Gasteiger partial charge in [-0.15, -0.1) is 0 Å². The topological polar surface area (TPSA) is 65.2 Å². The molecule has 0 aliphatic heterocycles. The van der Waals surface area contributed by atoms with Crippen LogP contribution in [0.25, 0.3) is 11.1 Å². The minimum Gasteiger partial charge on any atom is -0.449 e. The van der Waals surface area contributed by atoms with Crippen molar-refractivity contribution in [3.05, 3.63) is 36.6 Å². The predicted molar refractivity (Wildman–Crippen MR) is 53.0 cm³/mol. The van der Waals surface area contributed by atoms with Crippen LogP contribution >= 0.6 is 0 Å². The monoisotopic (exact) mass is 174 g/mol. The van der Waals surface area contributed by atoms with E-state index in [0.29, 0.717) is 5.88 Å². The molecule has 0 aliphatic rings. The van der Waals surface area contributed by atoms with E-state index in [9.17, 15) is 0 Å². The molecular formula is C10H10N2O. The third-order valence-corrected chi connectivity index (χ3v) is 1.89. The molecule has 3 nitrogen and oxygen atoms in total. The highest BCUT2D eigenvalue weighted by Crippen LogP contribution is 2.27. The van der Waals surface area contributed by atoms with E-state index in [1.807, 2.05) is 30.3 Å². The van der Waals surface area contributed by atoms with Gasteiger partial charge in [-0.3, -0.25) is 0 Å². The Kier molecular flexibility index (Phi) is 1.70. The molecule has 1 heterocycles. The number of anilines is 2. The molecule has 66 valence electrons. The van der Waals surface area contributed by atoms with Crippen molar-refractivity contribution >= 4 is 11.6 Å². The second kappa shape index (κ2) is 2.86. The average Bonchev–Trinajstić information content (AvgIpc) is 2.51. The normalized spacial score (nSPS) is 10.2. The van der Waals surface area contributed by atoms with E-state index in [-0.39, 0.29) is 0 Å². The summed E-state index contributed by atoms with van der Waals surface area (Å²) in [6.07, 6.45) is 1.56. The van der Waals surface area contributed by atoms with Crippen molar-refractivity contribution in [2.75, 3.05) is 11.5 Å². The van der Waals surface area contributed by atoms with Crippen molar-refractivity contribution in [2.45, 2.75) is 0 Å². The van der Waals surface area contributed by atoms with Crippen LogP contribution in [-0.2, 0) is 0 Å². The third kappa shape index (κ3) is 1.36. The maximum Gasteiger partial charge on any atom is 0.197 e. The molecule has 0 saturated carbocycles. The van der Waals surface area contributed by atoms with Crippen LogP contribution < -0.4 is 11.5 Å². The molecule has 1 aromatic carbocycles. The second-order valence-corrected chi connectivity index (χ2v) is 2.82. The molecule has 2 rings (SSSR count). The van der Waals surface area contributed by atoms with Gasteiger partial charge in [0.25, 0.3) is 0 Å². The summed E-state index contributed by atoms with van der Waals surface area (Å²) in [6, 6.07) is 9.35. The first-order valence-electron chi connectivity index (χ1n) is 3.96. The lowest BCUT2D eigenvalue weighted by Gasteiger charge is -1.99. The van der Waals surface area contributed by atoms with Gasteiger partial charge in [0.05, 0.1) is 6.26 Å². The summed E-state index contributed by atoms with van der Waals surface area (Å²) in [5, 5.41) is 0. The first-order chi connectivity index (χ1) is 6.27. The number of hydrogen-bond acceptors (Lipinski definition) is 3. The zero-order valence-electron chi connectivity index (χ0n) is 7.03. The van der Waals surface area contributed by atoms with Gasteiger partial charge in [0.2, 0.25) is 0 Å². The molecule has 0 atom stereocenters. The molecule has 0 fully saturated rings. The van der Waals surface area contributed by atoms with E-state index in [0.717, 1.165) is 16.8 Å². The fraction of sp³-hybridized carbons (Fsp3) is 0. The lowest BCUT2D eigenvalue weighted by atomic mass is 10.1. The quantitative estimate of drug-likeness (QED) is 0.651. The van der Waals surface area contributed by atoms with Gasteiger partial charge < -0.3 is 15.9 Å². The van der Waals surface area contributed by atoms with E-state index in [1.54, 1.807) is 6.26 Å². The lowest BCUT2D eigenvalue weighted by molar-refractivity contribution is 0.588. The summed E-state index contributed by atoms with van der Waals surface area (Å²) >= 11 is 0. The summed E-state index contributed by atoms with van der Waals surface area (Å²) in [7, 11) is 0. The van der Waals surface area contributed by atoms with Crippen LogP contribution in [0.1, 0.15) is 0 Å². The Labute approximate surface area is 76.0 Å². The molecular weight excluding hydrogens is 164 g/mol. The van der Waals surface area contributed by atoms with Crippen molar-refractivity contribution in [1.29, 1.82) is 0 Å². The Balaban J connectivity index is 2.53. The molecule has 0 radical (unpaired) electrons. The Bertz CT molecular complexity index is 420. The highest BCUT2D eigenvalue weighted by Gasteiger charge is 2.04. The molecule has 1 aromatic heterocycles. The minimum absolute atomic E-state index is 0.422. The third-order valence-electron chi connectivity index (χ3n) is 1.89. The number of furan rings is 1. The van der Waals surface area contributed by atoms with Gasteiger partial charge >= 0.3 is 0 Å². The molecule has 0 bridgehead atoms. The molecule has 4 N–H and O–H groups in total.